The van der Waals surface area contributed by atoms with Crippen LogP contribution in [-0.4, -0.2) is 24.1 Å². The molecule has 0 aliphatic carbocycles. The Kier molecular flexibility index (Phi) is 3.75. The fourth-order valence-electron chi connectivity index (χ4n) is 1.90. The van der Waals surface area contributed by atoms with Crippen molar-refractivity contribution >= 4 is 34.0 Å². The first-order chi connectivity index (χ1) is 9.72. The maximum absolute atomic E-state index is 11.9. The van der Waals surface area contributed by atoms with E-state index in [1.807, 2.05) is 0 Å². The highest BCUT2D eigenvalue weighted by Crippen LogP contribution is 2.38. The van der Waals surface area contributed by atoms with E-state index in [-0.39, 0.29) is 12.3 Å². The Bertz CT molecular complexity index is 631. The molecule has 0 spiro atoms. The Hall–Kier alpha value is -1.79. The highest BCUT2D eigenvalue weighted by molar-refractivity contribution is 7.13. The second kappa shape index (κ2) is 5.68. The van der Waals surface area contributed by atoms with Gasteiger partial charge in [-0.3, -0.25) is 4.79 Å². The zero-order valence-electron chi connectivity index (χ0n) is 10.4. The summed E-state index contributed by atoms with van der Waals surface area (Å²) in [5.74, 6) is 0.982. The van der Waals surface area contributed by atoms with Crippen LogP contribution in [0.25, 0.3) is 0 Å². The molecule has 5 nitrogen and oxygen atoms in total. The molecule has 7 heteroatoms. The van der Waals surface area contributed by atoms with Gasteiger partial charge < -0.3 is 14.8 Å². The molecule has 1 aliphatic heterocycles. The number of nitrogens with zero attached hydrogens (tertiary/aromatic N) is 1. The Morgan fingerprint density at radius 1 is 1.40 bits per heavy atom. The van der Waals surface area contributed by atoms with Crippen molar-refractivity contribution in [3.63, 3.8) is 0 Å². The van der Waals surface area contributed by atoms with E-state index < -0.39 is 0 Å². The lowest BCUT2D eigenvalue weighted by molar-refractivity contribution is -0.115. The van der Waals surface area contributed by atoms with Crippen molar-refractivity contribution in [1.29, 1.82) is 0 Å². The van der Waals surface area contributed by atoms with Gasteiger partial charge in [-0.15, -0.1) is 11.3 Å². The molecule has 0 unspecified atom stereocenters. The molecule has 1 aromatic heterocycles. The quantitative estimate of drug-likeness (QED) is 0.947. The number of halogens is 1. The summed E-state index contributed by atoms with van der Waals surface area (Å²) < 4.78 is 10.9. The van der Waals surface area contributed by atoms with Gasteiger partial charge in [0.2, 0.25) is 5.91 Å². The van der Waals surface area contributed by atoms with Gasteiger partial charge in [0.1, 0.15) is 13.2 Å². The lowest BCUT2D eigenvalue weighted by atomic mass is 10.1. The van der Waals surface area contributed by atoms with E-state index in [9.17, 15) is 4.79 Å². The monoisotopic (exact) mass is 310 g/mol. The van der Waals surface area contributed by atoms with Gasteiger partial charge >= 0.3 is 0 Å². The van der Waals surface area contributed by atoms with Gasteiger partial charge in [-0.05, 0) is 17.7 Å². The molecule has 104 valence electrons. The van der Waals surface area contributed by atoms with Crippen LogP contribution in [0.4, 0.5) is 5.13 Å². The molecule has 0 atom stereocenters. The molecular weight excluding hydrogens is 300 g/mol. The SMILES string of the molecule is O=C(Cc1cc(Cl)c2c(c1)OCCO2)Nc1nccs1. The van der Waals surface area contributed by atoms with Gasteiger partial charge in [-0.2, -0.15) is 0 Å². The summed E-state index contributed by atoms with van der Waals surface area (Å²) in [5.41, 5.74) is 0.772. The van der Waals surface area contributed by atoms with Crippen LogP contribution < -0.4 is 14.8 Å². The number of aromatic nitrogens is 1. The highest BCUT2D eigenvalue weighted by atomic mass is 35.5. The molecule has 1 amide bonds. The van der Waals surface area contributed by atoms with E-state index in [0.29, 0.717) is 34.9 Å². The van der Waals surface area contributed by atoms with Gasteiger partial charge in [-0.1, -0.05) is 11.6 Å². The van der Waals surface area contributed by atoms with Crippen molar-refractivity contribution in [2.24, 2.45) is 0 Å². The fourth-order valence-corrected chi connectivity index (χ4v) is 2.73. The number of carbonyl (C=O) groups is 1. The van der Waals surface area contributed by atoms with Crippen LogP contribution in [0.5, 0.6) is 11.5 Å². The number of anilines is 1. The second-order valence-electron chi connectivity index (χ2n) is 4.16. The molecule has 0 bridgehead atoms. The van der Waals surface area contributed by atoms with Crippen LogP contribution in [-0.2, 0) is 11.2 Å². The summed E-state index contributed by atoms with van der Waals surface area (Å²) in [6.45, 7) is 0.967. The van der Waals surface area contributed by atoms with Crippen molar-refractivity contribution in [1.82, 2.24) is 4.98 Å². The van der Waals surface area contributed by atoms with Crippen LogP contribution in [0.3, 0.4) is 0 Å². The van der Waals surface area contributed by atoms with Crippen molar-refractivity contribution in [2.75, 3.05) is 18.5 Å². The molecule has 2 heterocycles. The zero-order chi connectivity index (χ0) is 13.9. The van der Waals surface area contributed by atoms with Crippen LogP contribution in [0, 0.1) is 0 Å². The van der Waals surface area contributed by atoms with Gasteiger partial charge in [0.15, 0.2) is 16.6 Å². The summed E-state index contributed by atoms with van der Waals surface area (Å²) in [4.78, 5) is 15.9. The first-order valence-electron chi connectivity index (χ1n) is 6.00. The van der Waals surface area contributed by atoms with Crippen molar-refractivity contribution in [3.05, 3.63) is 34.3 Å². The average Bonchev–Trinajstić information content (AvgIpc) is 2.91. The summed E-state index contributed by atoms with van der Waals surface area (Å²) >= 11 is 7.50. The molecule has 1 aromatic carbocycles. The Morgan fingerprint density at radius 2 is 2.25 bits per heavy atom. The average molecular weight is 311 g/mol. The third-order valence-electron chi connectivity index (χ3n) is 2.70. The first kappa shape index (κ1) is 13.2. The van der Waals surface area contributed by atoms with E-state index in [1.165, 1.54) is 11.3 Å². The summed E-state index contributed by atoms with van der Waals surface area (Å²) in [6, 6.07) is 3.50. The van der Waals surface area contributed by atoms with Crippen molar-refractivity contribution < 1.29 is 14.3 Å². The fraction of sp³-hybridized carbons (Fsp3) is 0.231. The number of hydrogen-bond donors (Lipinski definition) is 1. The third kappa shape index (κ3) is 2.86. The summed E-state index contributed by atoms with van der Waals surface area (Å²) in [6.07, 6.45) is 1.84. The van der Waals surface area contributed by atoms with E-state index in [0.717, 1.165) is 5.56 Å². The Labute approximate surface area is 124 Å². The number of carbonyl (C=O) groups excluding carboxylic acids is 1. The molecule has 1 aliphatic rings. The number of nitrogens with one attached hydrogen (secondary N) is 1. The lowest BCUT2D eigenvalue weighted by Gasteiger charge is -2.20. The number of ether oxygens (including phenoxy) is 2. The maximum Gasteiger partial charge on any atom is 0.230 e. The van der Waals surface area contributed by atoms with E-state index in [4.69, 9.17) is 21.1 Å². The standard InChI is InChI=1S/C13H11ClN2O3S/c14-9-5-8(6-10-12(9)19-3-2-18-10)7-11(17)16-13-15-1-4-20-13/h1,4-6H,2-3,7H2,(H,15,16,17). The number of rotatable bonds is 3. The number of thiazole rings is 1. The first-order valence-corrected chi connectivity index (χ1v) is 7.25. The molecule has 0 radical (unpaired) electrons. The summed E-state index contributed by atoms with van der Waals surface area (Å²) in [7, 11) is 0. The third-order valence-corrected chi connectivity index (χ3v) is 3.67. The predicted molar refractivity (Wildman–Crippen MR) is 76.9 cm³/mol. The molecule has 0 saturated heterocycles. The molecule has 0 fully saturated rings. The van der Waals surface area contributed by atoms with E-state index in [1.54, 1.807) is 23.7 Å². The number of benzene rings is 1. The lowest BCUT2D eigenvalue weighted by Crippen LogP contribution is -2.17. The maximum atomic E-state index is 11.9. The molecular formula is C13H11ClN2O3S. The van der Waals surface area contributed by atoms with Crippen LogP contribution in [0.15, 0.2) is 23.7 Å². The van der Waals surface area contributed by atoms with E-state index >= 15 is 0 Å². The number of fused-ring (bicyclic) bond motifs is 1. The molecule has 0 saturated carbocycles. The minimum absolute atomic E-state index is 0.146. The van der Waals surface area contributed by atoms with Gasteiger partial charge in [-0.25, -0.2) is 4.98 Å². The Balaban J connectivity index is 1.74. The van der Waals surface area contributed by atoms with Crippen LogP contribution in [0.1, 0.15) is 5.56 Å². The minimum atomic E-state index is -0.146. The van der Waals surface area contributed by atoms with Crippen molar-refractivity contribution in [2.45, 2.75) is 6.42 Å². The largest absolute Gasteiger partial charge is 0.486 e. The smallest absolute Gasteiger partial charge is 0.230 e. The number of hydrogen-bond acceptors (Lipinski definition) is 5. The number of amides is 1. The van der Waals surface area contributed by atoms with Gasteiger partial charge in [0, 0.05) is 11.6 Å². The molecule has 3 rings (SSSR count). The molecule has 1 N–H and O–H groups in total. The Morgan fingerprint density at radius 3 is 3.05 bits per heavy atom. The van der Waals surface area contributed by atoms with Crippen molar-refractivity contribution in [3.8, 4) is 11.5 Å². The molecule has 20 heavy (non-hydrogen) atoms. The predicted octanol–water partition coefficient (Wildman–Crippen LogP) is 2.75. The highest BCUT2D eigenvalue weighted by Gasteiger charge is 2.17. The van der Waals surface area contributed by atoms with E-state index in [2.05, 4.69) is 10.3 Å². The summed E-state index contributed by atoms with van der Waals surface area (Å²) in [5, 5.41) is 5.57. The zero-order valence-corrected chi connectivity index (χ0v) is 12.0. The topological polar surface area (TPSA) is 60.5 Å². The van der Waals surface area contributed by atoms with Gasteiger partial charge in [0.05, 0.1) is 11.4 Å². The van der Waals surface area contributed by atoms with Gasteiger partial charge in [0.25, 0.3) is 0 Å². The van der Waals surface area contributed by atoms with Crippen LogP contribution in [0.2, 0.25) is 5.02 Å². The molecule has 2 aromatic rings. The minimum Gasteiger partial charge on any atom is -0.486 e. The van der Waals surface area contributed by atoms with Crippen LogP contribution >= 0.6 is 22.9 Å². The second-order valence-corrected chi connectivity index (χ2v) is 5.47. The normalized spacial score (nSPS) is 13.1.